The van der Waals surface area contributed by atoms with Gasteiger partial charge in [-0.05, 0) is 54.2 Å². The van der Waals surface area contributed by atoms with Crippen molar-refractivity contribution in [3.63, 3.8) is 0 Å². The van der Waals surface area contributed by atoms with Gasteiger partial charge in [0, 0.05) is 75.4 Å². The van der Waals surface area contributed by atoms with E-state index in [2.05, 4.69) is 43.0 Å². The molecular weight excluding hydrogens is 438 g/mol. The maximum absolute atomic E-state index is 12.4. The summed E-state index contributed by atoms with van der Waals surface area (Å²) in [5.41, 5.74) is 6.21. The van der Waals surface area contributed by atoms with Crippen molar-refractivity contribution in [3.05, 3.63) is 72.3 Å². The predicted molar refractivity (Wildman–Crippen MR) is 133 cm³/mol. The van der Waals surface area contributed by atoms with Crippen LogP contribution in [0.5, 0.6) is 0 Å². The zero-order valence-electron chi connectivity index (χ0n) is 19.7. The fourth-order valence-electron chi connectivity index (χ4n) is 4.78. The highest BCUT2D eigenvalue weighted by molar-refractivity contribution is 5.81. The van der Waals surface area contributed by atoms with Crippen LogP contribution in [-0.2, 0) is 17.8 Å². The minimum Gasteiger partial charge on any atom is -0.342 e. The van der Waals surface area contributed by atoms with Crippen molar-refractivity contribution < 1.29 is 4.79 Å². The van der Waals surface area contributed by atoms with Crippen LogP contribution < -0.4 is 0 Å². The predicted octanol–water partition coefficient (Wildman–Crippen LogP) is 3.45. The van der Waals surface area contributed by atoms with Crippen molar-refractivity contribution in [2.45, 2.75) is 32.2 Å². The summed E-state index contributed by atoms with van der Waals surface area (Å²) in [4.78, 5) is 37.9. The molecule has 8 heteroatoms. The van der Waals surface area contributed by atoms with Gasteiger partial charge in [-0.2, -0.15) is 0 Å². The van der Waals surface area contributed by atoms with Crippen LogP contribution in [-0.4, -0.2) is 66.8 Å². The fraction of sp³-hybridized carbons (Fsp3) is 0.370. The Kier molecular flexibility index (Phi) is 5.96. The summed E-state index contributed by atoms with van der Waals surface area (Å²) in [7, 11) is 0. The molecule has 2 fully saturated rings. The standard InChI is InChI=1S/C27H29N7O/c35-27(12-19-1-2-19)34-9-7-33(8-10-34)17-20-5-6-30-23(11-20)14-26-31-24-4-3-21(13-25(24)32-26)22-15-28-18-29-16-22/h3-6,11,13,15-16,18-19H,1-2,7-10,12,14,17H2,(H,31,32). The molecule has 178 valence electrons. The first-order valence-electron chi connectivity index (χ1n) is 12.4. The van der Waals surface area contributed by atoms with Gasteiger partial charge in [0.2, 0.25) is 5.91 Å². The first-order valence-corrected chi connectivity index (χ1v) is 12.4. The van der Waals surface area contributed by atoms with E-state index in [0.29, 0.717) is 18.2 Å². The minimum atomic E-state index is 0.341. The van der Waals surface area contributed by atoms with E-state index in [4.69, 9.17) is 4.98 Å². The molecule has 0 atom stereocenters. The van der Waals surface area contributed by atoms with E-state index >= 15 is 0 Å². The molecule has 1 saturated carbocycles. The Balaban J connectivity index is 1.08. The number of amides is 1. The van der Waals surface area contributed by atoms with Gasteiger partial charge in [0.1, 0.15) is 12.2 Å². The van der Waals surface area contributed by atoms with Gasteiger partial charge < -0.3 is 9.88 Å². The molecule has 0 unspecified atom stereocenters. The minimum absolute atomic E-state index is 0.341. The third-order valence-electron chi connectivity index (χ3n) is 6.95. The molecule has 0 radical (unpaired) electrons. The zero-order chi connectivity index (χ0) is 23.6. The molecular formula is C27H29N7O. The third kappa shape index (κ3) is 5.22. The molecule has 0 spiro atoms. The Hall–Kier alpha value is -3.65. The highest BCUT2D eigenvalue weighted by Gasteiger charge is 2.28. The normalized spacial score (nSPS) is 16.6. The van der Waals surface area contributed by atoms with Crippen LogP contribution in [0.25, 0.3) is 22.2 Å². The molecule has 1 aliphatic heterocycles. The number of carbonyl (C=O) groups is 1. The second kappa shape index (κ2) is 9.54. The molecule has 2 aliphatic rings. The van der Waals surface area contributed by atoms with Gasteiger partial charge in [0.05, 0.1) is 11.0 Å². The Labute approximate surface area is 204 Å². The van der Waals surface area contributed by atoms with E-state index in [-0.39, 0.29) is 0 Å². The summed E-state index contributed by atoms with van der Waals surface area (Å²) in [6, 6.07) is 10.4. The number of fused-ring (bicyclic) bond motifs is 1. The van der Waals surface area contributed by atoms with Gasteiger partial charge in [-0.25, -0.2) is 15.0 Å². The molecule has 1 aliphatic carbocycles. The van der Waals surface area contributed by atoms with E-state index < -0.39 is 0 Å². The molecule has 1 N–H and O–H groups in total. The van der Waals surface area contributed by atoms with E-state index in [0.717, 1.165) is 72.8 Å². The lowest BCUT2D eigenvalue weighted by atomic mass is 10.1. The van der Waals surface area contributed by atoms with Gasteiger partial charge in [-0.3, -0.25) is 14.7 Å². The maximum Gasteiger partial charge on any atom is 0.222 e. The highest BCUT2D eigenvalue weighted by Crippen LogP contribution is 2.33. The highest BCUT2D eigenvalue weighted by atomic mass is 16.2. The van der Waals surface area contributed by atoms with Gasteiger partial charge in [-0.15, -0.1) is 0 Å². The number of H-pyrrole nitrogens is 1. The Morgan fingerprint density at radius 1 is 1.00 bits per heavy atom. The lowest BCUT2D eigenvalue weighted by Gasteiger charge is -2.35. The van der Waals surface area contributed by atoms with Crippen LogP contribution in [0, 0.1) is 5.92 Å². The number of hydrogen-bond donors (Lipinski definition) is 1. The van der Waals surface area contributed by atoms with Crippen molar-refractivity contribution >= 4 is 16.9 Å². The van der Waals surface area contributed by atoms with E-state index in [9.17, 15) is 4.79 Å². The summed E-state index contributed by atoms with van der Waals surface area (Å²) >= 11 is 0. The molecule has 1 saturated heterocycles. The van der Waals surface area contributed by atoms with Crippen LogP contribution >= 0.6 is 0 Å². The van der Waals surface area contributed by atoms with Gasteiger partial charge in [-0.1, -0.05) is 6.07 Å². The zero-order valence-corrected chi connectivity index (χ0v) is 19.7. The van der Waals surface area contributed by atoms with Crippen molar-refractivity contribution in [2.75, 3.05) is 26.2 Å². The second-order valence-electron chi connectivity index (χ2n) is 9.68. The number of aromatic nitrogens is 5. The van der Waals surface area contributed by atoms with Crippen LogP contribution in [0.1, 0.15) is 36.3 Å². The third-order valence-corrected chi connectivity index (χ3v) is 6.95. The quantitative estimate of drug-likeness (QED) is 0.448. The van der Waals surface area contributed by atoms with Crippen molar-refractivity contribution in [1.29, 1.82) is 0 Å². The number of imidazole rings is 1. The number of nitrogens with zero attached hydrogens (tertiary/aromatic N) is 6. The molecule has 35 heavy (non-hydrogen) atoms. The number of rotatable bonds is 7. The lowest BCUT2D eigenvalue weighted by molar-refractivity contribution is -0.133. The average molecular weight is 468 g/mol. The van der Waals surface area contributed by atoms with E-state index in [1.54, 1.807) is 0 Å². The molecule has 3 aromatic heterocycles. The molecule has 6 rings (SSSR count). The molecule has 8 nitrogen and oxygen atoms in total. The molecule has 0 bridgehead atoms. The van der Waals surface area contributed by atoms with Gasteiger partial charge >= 0.3 is 0 Å². The van der Waals surface area contributed by atoms with Crippen LogP contribution in [0.4, 0.5) is 0 Å². The van der Waals surface area contributed by atoms with Gasteiger partial charge in [0.15, 0.2) is 0 Å². The summed E-state index contributed by atoms with van der Waals surface area (Å²) in [5, 5.41) is 0. The summed E-state index contributed by atoms with van der Waals surface area (Å²) < 4.78 is 0. The number of hydrogen-bond acceptors (Lipinski definition) is 6. The van der Waals surface area contributed by atoms with Gasteiger partial charge in [0.25, 0.3) is 0 Å². The number of nitrogens with one attached hydrogen (secondary N) is 1. The van der Waals surface area contributed by atoms with Crippen molar-refractivity contribution in [2.24, 2.45) is 5.92 Å². The summed E-state index contributed by atoms with van der Waals surface area (Å²) in [6.45, 7) is 4.39. The first-order chi connectivity index (χ1) is 17.2. The van der Waals surface area contributed by atoms with Crippen molar-refractivity contribution in [1.82, 2.24) is 34.7 Å². The lowest BCUT2D eigenvalue weighted by Crippen LogP contribution is -2.48. The average Bonchev–Trinajstić information content (AvgIpc) is 3.61. The maximum atomic E-state index is 12.4. The SMILES string of the molecule is O=C(CC1CC1)N1CCN(Cc2ccnc(Cc3nc4ccc(-c5cncnc5)cc4[nH]3)c2)CC1. The summed E-state index contributed by atoms with van der Waals surface area (Å²) in [5.74, 6) is 1.89. The number of carbonyl (C=O) groups excluding carboxylic acids is 1. The van der Waals surface area contributed by atoms with E-state index in [1.807, 2.05) is 35.6 Å². The van der Waals surface area contributed by atoms with Crippen LogP contribution in [0.3, 0.4) is 0 Å². The monoisotopic (exact) mass is 467 g/mol. The Morgan fingerprint density at radius 3 is 2.63 bits per heavy atom. The smallest absolute Gasteiger partial charge is 0.222 e. The number of aromatic amines is 1. The topological polar surface area (TPSA) is 90.9 Å². The number of piperazine rings is 1. The van der Waals surface area contributed by atoms with Crippen molar-refractivity contribution in [3.8, 4) is 11.1 Å². The summed E-state index contributed by atoms with van der Waals surface area (Å²) in [6.07, 6.45) is 10.9. The van der Waals surface area contributed by atoms with Crippen LogP contribution in [0.15, 0.2) is 55.2 Å². The largest absolute Gasteiger partial charge is 0.342 e. The Bertz CT molecular complexity index is 1320. The molecule has 1 aromatic carbocycles. The molecule has 4 aromatic rings. The number of pyridine rings is 1. The first kappa shape index (κ1) is 21.9. The fourth-order valence-corrected chi connectivity index (χ4v) is 4.78. The Morgan fingerprint density at radius 2 is 1.83 bits per heavy atom. The van der Waals surface area contributed by atoms with E-state index in [1.165, 1.54) is 24.7 Å². The molecule has 1 amide bonds. The number of benzene rings is 1. The van der Waals surface area contributed by atoms with Crippen LogP contribution in [0.2, 0.25) is 0 Å². The second-order valence-corrected chi connectivity index (χ2v) is 9.68. The molecule has 4 heterocycles.